The first-order valence-electron chi connectivity index (χ1n) is 18.3. The molecule has 3 aliphatic rings. The Kier molecular flexibility index (Phi) is 10.7. The number of rotatable bonds is 15. The van der Waals surface area contributed by atoms with Gasteiger partial charge in [-0.2, -0.15) is 0 Å². The molecule has 2 aromatic heterocycles. The summed E-state index contributed by atoms with van der Waals surface area (Å²) in [5, 5.41) is 4.35. The number of benzene rings is 2. The molecule has 1 saturated carbocycles. The molecule has 0 bridgehead atoms. The van der Waals surface area contributed by atoms with Gasteiger partial charge >= 0.3 is 5.97 Å². The maximum Gasteiger partial charge on any atom is 0.306 e. The van der Waals surface area contributed by atoms with Crippen LogP contribution in [0.2, 0.25) is 0 Å². The number of carbonyl (C=O) groups is 1. The minimum absolute atomic E-state index is 0.131. The first-order valence-corrected chi connectivity index (χ1v) is 18.3. The van der Waals surface area contributed by atoms with Gasteiger partial charge in [-0.1, -0.05) is 30.3 Å². The van der Waals surface area contributed by atoms with Crippen LogP contribution < -0.4 is 14.8 Å². The average Bonchev–Trinajstić information content (AvgIpc) is 3.79. The van der Waals surface area contributed by atoms with E-state index in [-0.39, 0.29) is 24.3 Å². The number of anilines is 1. The van der Waals surface area contributed by atoms with Crippen molar-refractivity contribution in [3.63, 3.8) is 0 Å². The normalized spacial score (nSPS) is 24.9. The van der Waals surface area contributed by atoms with Gasteiger partial charge in [0, 0.05) is 49.4 Å². The standard InChI is InChI=1S/C40H51N5O7/c1-25(2)45(29-18-27(19-29)12-15-34(46)49-23-26-10-8-7-9-11-26)22-33-35-36(52-40(3,4)51-35)39(50-33)44-17-16-31-37(42-24-43-38(31)44)41-21-28-13-14-30(47-5)20-32(28)48-6/h7-11,13-14,16-17,20,24-25,27,29,33,35-36,39H,12,15,18-19,21-23H2,1-6H3,(H,41,42,43)/t27?,29?,33-,35?,36-,39-/m1/s1. The minimum atomic E-state index is -0.739. The van der Waals surface area contributed by atoms with E-state index in [2.05, 4.69) is 38.6 Å². The number of hydrogen-bond acceptors (Lipinski definition) is 11. The maximum absolute atomic E-state index is 12.4. The molecule has 12 nitrogen and oxygen atoms in total. The molecule has 278 valence electrons. The summed E-state index contributed by atoms with van der Waals surface area (Å²) in [6.45, 7) is 9.95. The number of aromatic nitrogens is 3. The fourth-order valence-electron chi connectivity index (χ4n) is 7.85. The van der Waals surface area contributed by atoms with Crippen molar-refractivity contribution in [3.05, 3.63) is 78.2 Å². The summed E-state index contributed by atoms with van der Waals surface area (Å²) in [6, 6.07) is 18.3. The molecule has 1 aliphatic carbocycles. The zero-order valence-electron chi connectivity index (χ0n) is 31.0. The van der Waals surface area contributed by atoms with Gasteiger partial charge in [0.2, 0.25) is 0 Å². The second-order valence-corrected chi connectivity index (χ2v) is 14.8. The molecule has 1 N–H and O–H groups in total. The zero-order chi connectivity index (χ0) is 36.4. The van der Waals surface area contributed by atoms with Gasteiger partial charge in [-0.05, 0) is 76.6 Å². The summed E-state index contributed by atoms with van der Waals surface area (Å²) < 4.78 is 38.4. The van der Waals surface area contributed by atoms with Gasteiger partial charge in [-0.15, -0.1) is 0 Å². The molecule has 2 saturated heterocycles. The van der Waals surface area contributed by atoms with Gasteiger partial charge in [0.25, 0.3) is 0 Å². The third-order valence-electron chi connectivity index (χ3n) is 10.6. The molecule has 1 unspecified atom stereocenters. The summed E-state index contributed by atoms with van der Waals surface area (Å²) in [6.07, 6.45) is 5.79. The highest BCUT2D eigenvalue weighted by molar-refractivity contribution is 5.87. The second-order valence-electron chi connectivity index (χ2n) is 14.8. The predicted molar refractivity (Wildman–Crippen MR) is 196 cm³/mol. The van der Waals surface area contributed by atoms with Crippen molar-refractivity contribution in [3.8, 4) is 11.5 Å². The predicted octanol–water partition coefficient (Wildman–Crippen LogP) is 6.49. The molecule has 4 heterocycles. The van der Waals surface area contributed by atoms with Crippen LogP contribution in [0.15, 0.2) is 67.1 Å². The van der Waals surface area contributed by atoms with E-state index >= 15 is 0 Å². The van der Waals surface area contributed by atoms with Crippen LogP contribution in [-0.2, 0) is 36.9 Å². The van der Waals surface area contributed by atoms with Crippen molar-refractivity contribution in [2.24, 2.45) is 5.92 Å². The lowest BCUT2D eigenvalue weighted by Crippen LogP contribution is -2.52. The molecule has 52 heavy (non-hydrogen) atoms. The van der Waals surface area contributed by atoms with Crippen molar-refractivity contribution < 1.29 is 33.2 Å². The summed E-state index contributed by atoms with van der Waals surface area (Å²) >= 11 is 0. The van der Waals surface area contributed by atoms with Crippen LogP contribution in [0, 0.1) is 5.92 Å². The monoisotopic (exact) mass is 713 g/mol. The number of carbonyl (C=O) groups excluding carboxylic acids is 1. The summed E-state index contributed by atoms with van der Waals surface area (Å²) in [5.74, 6) is 1.82. The Morgan fingerprint density at radius 3 is 2.58 bits per heavy atom. The Hall–Kier alpha value is -4.23. The van der Waals surface area contributed by atoms with Crippen LogP contribution in [0.1, 0.15) is 70.7 Å². The van der Waals surface area contributed by atoms with Crippen molar-refractivity contribution >= 4 is 22.8 Å². The third-order valence-corrected chi connectivity index (χ3v) is 10.6. The zero-order valence-corrected chi connectivity index (χ0v) is 31.0. The lowest BCUT2D eigenvalue weighted by Gasteiger charge is -2.46. The van der Waals surface area contributed by atoms with Gasteiger partial charge < -0.3 is 38.3 Å². The third kappa shape index (κ3) is 7.75. The lowest BCUT2D eigenvalue weighted by molar-refractivity contribution is -0.199. The average molecular weight is 714 g/mol. The van der Waals surface area contributed by atoms with Crippen molar-refractivity contribution in [1.29, 1.82) is 0 Å². The van der Waals surface area contributed by atoms with E-state index in [0.717, 1.165) is 59.5 Å². The van der Waals surface area contributed by atoms with E-state index in [1.807, 2.05) is 74.6 Å². The minimum Gasteiger partial charge on any atom is -0.497 e. The molecule has 4 aromatic rings. The first kappa shape index (κ1) is 36.1. The largest absolute Gasteiger partial charge is 0.497 e. The van der Waals surface area contributed by atoms with Gasteiger partial charge in [-0.25, -0.2) is 9.97 Å². The topological polar surface area (TPSA) is 118 Å². The van der Waals surface area contributed by atoms with Crippen LogP contribution in [0.5, 0.6) is 11.5 Å². The Morgan fingerprint density at radius 2 is 1.83 bits per heavy atom. The molecule has 0 amide bonds. The highest BCUT2D eigenvalue weighted by Crippen LogP contribution is 2.45. The van der Waals surface area contributed by atoms with Gasteiger partial charge in [0.15, 0.2) is 12.0 Å². The quantitative estimate of drug-likeness (QED) is 0.136. The van der Waals surface area contributed by atoms with E-state index in [0.29, 0.717) is 43.4 Å². The highest BCUT2D eigenvalue weighted by atomic mass is 16.8. The van der Waals surface area contributed by atoms with E-state index in [1.54, 1.807) is 20.5 Å². The fraction of sp³-hybridized carbons (Fsp3) is 0.525. The Bertz CT molecular complexity index is 1830. The molecule has 7 rings (SSSR count). The molecule has 3 fully saturated rings. The fourth-order valence-corrected chi connectivity index (χ4v) is 7.85. The SMILES string of the molecule is COc1ccc(CNc2ncnc3c2ccn3[C@@H]2O[C@H](CN(C(C)C)C3CC(CCC(=O)OCc4ccccc4)C3)C3OC(C)(C)O[C@H]32)c(OC)c1. The Morgan fingerprint density at radius 1 is 1.04 bits per heavy atom. The first-order chi connectivity index (χ1) is 25.1. The van der Waals surface area contributed by atoms with Gasteiger partial charge in [0.05, 0.1) is 19.6 Å². The number of hydrogen-bond donors (Lipinski definition) is 1. The van der Waals surface area contributed by atoms with Crippen LogP contribution in [0.3, 0.4) is 0 Å². The van der Waals surface area contributed by atoms with E-state index in [9.17, 15) is 4.79 Å². The van der Waals surface area contributed by atoms with Crippen molar-refractivity contribution in [2.75, 3.05) is 26.1 Å². The summed E-state index contributed by atoms with van der Waals surface area (Å²) in [4.78, 5) is 24.2. The van der Waals surface area contributed by atoms with Crippen LogP contribution in [0.4, 0.5) is 5.82 Å². The number of nitrogens with zero attached hydrogens (tertiary/aromatic N) is 4. The summed E-state index contributed by atoms with van der Waals surface area (Å²) in [5.41, 5.74) is 2.74. The van der Waals surface area contributed by atoms with E-state index in [1.165, 1.54) is 0 Å². The highest BCUT2D eigenvalue weighted by Gasteiger charge is 2.56. The number of esters is 1. The number of methoxy groups -OCH3 is 2. The van der Waals surface area contributed by atoms with Crippen molar-refractivity contribution in [1.82, 2.24) is 19.4 Å². The Labute approximate surface area is 305 Å². The number of nitrogens with one attached hydrogen (secondary N) is 1. The van der Waals surface area contributed by atoms with Gasteiger partial charge in [0.1, 0.15) is 54.2 Å². The van der Waals surface area contributed by atoms with E-state index < -0.39 is 12.0 Å². The van der Waals surface area contributed by atoms with Crippen LogP contribution in [-0.4, -0.2) is 82.4 Å². The van der Waals surface area contributed by atoms with E-state index in [4.69, 9.17) is 28.4 Å². The molecule has 12 heteroatoms. The lowest BCUT2D eigenvalue weighted by atomic mass is 9.76. The van der Waals surface area contributed by atoms with Crippen molar-refractivity contribution in [2.45, 2.75) is 109 Å². The molecular formula is C40H51N5O7. The number of ether oxygens (including phenoxy) is 6. The molecular weight excluding hydrogens is 662 g/mol. The maximum atomic E-state index is 12.4. The summed E-state index contributed by atoms with van der Waals surface area (Å²) in [7, 11) is 3.29. The van der Waals surface area contributed by atoms with Crippen LogP contribution >= 0.6 is 0 Å². The molecule has 2 aromatic carbocycles. The molecule has 0 radical (unpaired) electrons. The van der Waals surface area contributed by atoms with Gasteiger partial charge in [-0.3, -0.25) is 9.69 Å². The van der Waals surface area contributed by atoms with Crippen LogP contribution in [0.25, 0.3) is 11.0 Å². The Balaban J connectivity index is 0.997. The number of fused-ring (bicyclic) bond motifs is 2. The molecule has 0 spiro atoms. The molecule has 4 atom stereocenters. The second kappa shape index (κ2) is 15.4. The molecule has 2 aliphatic heterocycles. The smallest absolute Gasteiger partial charge is 0.306 e.